The molecule has 0 bridgehead atoms. The predicted octanol–water partition coefficient (Wildman–Crippen LogP) is 2.94. The maximum Gasteiger partial charge on any atom is 0.272 e. The second kappa shape index (κ2) is 8.54. The summed E-state index contributed by atoms with van der Waals surface area (Å²) in [4.78, 5) is 29.5. The number of benzene rings is 1. The molecule has 7 heteroatoms. The van der Waals surface area contributed by atoms with Gasteiger partial charge in [-0.1, -0.05) is 26.0 Å². The molecule has 1 aliphatic heterocycles. The Balaban J connectivity index is 1.83. The summed E-state index contributed by atoms with van der Waals surface area (Å²) in [5, 5.41) is 4.18. The Morgan fingerprint density at radius 2 is 1.96 bits per heavy atom. The van der Waals surface area contributed by atoms with Crippen LogP contribution < -0.4 is 0 Å². The predicted molar refractivity (Wildman–Crippen MR) is 104 cm³/mol. The Kier molecular flexibility index (Phi) is 6.11. The quantitative estimate of drug-likeness (QED) is 0.794. The van der Waals surface area contributed by atoms with Gasteiger partial charge < -0.3 is 9.80 Å². The molecule has 2 heterocycles. The fourth-order valence-corrected chi connectivity index (χ4v) is 3.65. The summed E-state index contributed by atoms with van der Waals surface area (Å²) < 4.78 is 14.9. The number of hydrogen-bond donors (Lipinski definition) is 0. The van der Waals surface area contributed by atoms with Crippen molar-refractivity contribution in [2.75, 3.05) is 13.1 Å². The van der Waals surface area contributed by atoms with Crippen molar-refractivity contribution in [3.63, 3.8) is 0 Å². The fourth-order valence-electron chi connectivity index (χ4n) is 3.65. The largest absolute Gasteiger partial charge is 0.335 e. The highest BCUT2D eigenvalue weighted by Gasteiger charge is 2.34. The SMILES string of the molecule is CCn1nccc1C(=O)N1CCC(=O)N(Cc2ccc(F)cc2)[C@H](C(C)C)C1. The third kappa shape index (κ3) is 4.24. The smallest absolute Gasteiger partial charge is 0.272 e. The number of nitrogens with zero attached hydrogens (tertiary/aromatic N) is 4. The zero-order valence-corrected chi connectivity index (χ0v) is 16.6. The summed E-state index contributed by atoms with van der Waals surface area (Å²) in [6.07, 6.45) is 1.90. The molecule has 1 fully saturated rings. The molecule has 1 aromatic carbocycles. The van der Waals surface area contributed by atoms with Crippen LogP contribution in [0.5, 0.6) is 0 Å². The number of carbonyl (C=O) groups is 2. The highest BCUT2D eigenvalue weighted by Crippen LogP contribution is 2.22. The molecule has 0 unspecified atom stereocenters. The van der Waals surface area contributed by atoms with Crippen LogP contribution >= 0.6 is 0 Å². The standard InChI is InChI=1S/C21H27FN4O2/c1-4-26-18(9-11-23-26)21(28)24-12-10-20(27)25(19(14-24)15(2)3)13-16-5-7-17(22)8-6-16/h5-9,11,15,19H,4,10,12-14H2,1-3H3/t19-/m0/s1. The number of aryl methyl sites for hydroxylation is 1. The maximum atomic E-state index is 13.2. The van der Waals surface area contributed by atoms with Gasteiger partial charge in [0, 0.05) is 38.8 Å². The van der Waals surface area contributed by atoms with Crippen LogP contribution in [0.2, 0.25) is 0 Å². The lowest BCUT2D eigenvalue weighted by Crippen LogP contribution is -2.47. The van der Waals surface area contributed by atoms with E-state index in [9.17, 15) is 14.0 Å². The Morgan fingerprint density at radius 1 is 1.25 bits per heavy atom. The lowest BCUT2D eigenvalue weighted by Gasteiger charge is -2.34. The molecule has 2 amide bonds. The van der Waals surface area contributed by atoms with Crippen molar-refractivity contribution in [1.29, 1.82) is 0 Å². The van der Waals surface area contributed by atoms with E-state index in [-0.39, 0.29) is 36.0 Å². The molecule has 28 heavy (non-hydrogen) atoms. The second-order valence-corrected chi connectivity index (χ2v) is 7.49. The molecule has 0 saturated carbocycles. The average molecular weight is 386 g/mol. The molecule has 0 N–H and O–H groups in total. The van der Waals surface area contributed by atoms with Crippen molar-refractivity contribution in [2.24, 2.45) is 5.92 Å². The van der Waals surface area contributed by atoms with Gasteiger partial charge in [0.2, 0.25) is 5.91 Å². The third-order valence-corrected chi connectivity index (χ3v) is 5.28. The lowest BCUT2D eigenvalue weighted by molar-refractivity contribution is -0.134. The zero-order valence-electron chi connectivity index (χ0n) is 16.6. The van der Waals surface area contributed by atoms with Gasteiger partial charge in [-0.2, -0.15) is 5.10 Å². The van der Waals surface area contributed by atoms with Crippen molar-refractivity contribution in [2.45, 2.75) is 46.3 Å². The number of carbonyl (C=O) groups excluding carboxylic acids is 2. The monoisotopic (exact) mass is 386 g/mol. The minimum absolute atomic E-state index is 0.0160. The first-order valence-electron chi connectivity index (χ1n) is 9.75. The van der Waals surface area contributed by atoms with Gasteiger partial charge in [-0.3, -0.25) is 14.3 Å². The molecular weight excluding hydrogens is 359 g/mol. The van der Waals surface area contributed by atoms with Crippen molar-refractivity contribution in [3.05, 3.63) is 53.6 Å². The van der Waals surface area contributed by atoms with Crippen LogP contribution in [0, 0.1) is 11.7 Å². The summed E-state index contributed by atoms with van der Waals surface area (Å²) in [6.45, 7) is 7.94. The molecule has 0 radical (unpaired) electrons. The van der Waals surface area contributed by atoms with Crippen LogP contribution in [-0.4, -0.2) is 50.5 Å². The van der Waals surface area contributed by atoms with Crippen molar-refractivity contribution < 1.29 is 14.0 Å². The normalized spacial score (nSPS) is 17.9. The summed E-state index contributed by atoms with van der Waals surface area (Å²) in [6, 6.07) is 7.83. The van der Waals surface area contributed by atoms with Gasteiger partial charge in [-0.25, -0.2) is 4.39 Å². The minimum atomic E-state index is -0.296. The molecule has 0 spiro atoms. The van der Waals surface area contributed by atoms with E-state index >= 15 is 0 Å². The molecule has 150 valence electrons. The van der Waals surface area contributed by atoms with Gasteiger partial charge in [0.1, 0.15) is 11.5 Å². The zero-order chi connectivity index (χ0) is 20.3. The number of halogens is 1. The number of rotatable bonds is 5. The molecule has 0 aliphatic carbocycles. The Bertz CT molecular complexity index is 831. The summed E-state index contributed by atoms with van der Waals surface area (Å²) in [5.74, 6) is -0.201. The second-order valence-electron chi connectivity index (χ2n) is 7.49. The van der Waals surface area contributed by atoms with E-state index in [1.54, 1.807) is 34.0 Å². The highest BCUT2D eigenvalue weighted by molar-refractivity contribution is 5.93. The van der Waals surface area contributed by atoms with Gasteiger partial charge in [-0.15, -0.1) is 0 Å². The molecule has 6 nitrogen and oxygen atoms in total. The van der Waals surface area contributed by atoms with E-state index in [4.69, 9.17) is 0 Å². The molecular formula is C21H27FN4O2. The molecule has 1 atom stereocenters. The van der Waals surface area contributed by atoms with Crippen molar-refractivity contribution >= 4 is 11.8 Å². The van der Waals surface area contributed by atoms with Gasteiger partial charge in [-0.05, 0) is 36.6 Å². The first-order valence-corrected chi connectivity index (χ1v) is 9.75. The Labute approximate surface area is 164 Å². The Morgan fingerprint density at radius 3 is 2.61 bits per heavy atom. The lowest BCUT2D eigenvalue weighted by atomic mass is 10.0. The number of amides is 2. The first-order chi connectivity index (χ1) is 13.4. The van der Waals surface area contributed by atoms with Gasteiger partial charge in [0.15, 0.2) is 0 Å². The third-order valence-electron chi connectivity index (χ3n) is 5.28. The Hall–Kier alpha value is -2.70. The average Bonchev–Trinajstić information content (AvgIpc) is 3.09. The van der Waals surface area contributed by atoms with E-state index in [2.05, 4.69) is 18.9 Å². The highest BCUT2D eigenvalue weighted by atomic mass is 19.1. The summed E-state index contributed by atoms with van der Waals surface area (Å²) in [5.41, 5.74) is 1.42. The van der Waals surface area contributed by atoms with Crippen LogP contribution in [0.3, 0.4) is 0 Å². The van der Waals surface area contributed by atoms with Crippen LogP contribution in [0.25, 0.3) is 0 Å². The van der Waals surface area contributed by atoms with Gasteiger partial charge in [0.05, 0.1) is 6.04 Å². The van der Waals surface area contributed by atoms with E-state index in [1.807, 2.05) is 11.8 Å². The van der Waals surface area contributed by atoms with Crippen molar-refractivity contribution in [3.8, 4) is 0 Å². The maximum absolute atomic E-state index is 13.2. The summed E-state index contributed by atoms with van der Waals surface area (Å²) >= 11 is 0. The number of hydrogen-bond acceptors (Lipinski definition) is 3. The van der Waals surface area contributed by atoms with Crippen LogP contribution in [0.4, 0.5) is 4.39 Å². The van der Waals surface area contributed by atoms with Crippen LogP contribution in [-0.2, 0) is 17.9 Å². The fraction of sp³-hybridized carbons (Fsp3) is 0.476. The van der Waals surface area contributed by atoms with E-state index in [0.29, 0.717) is 31.9 Å². The van der Waals surface area contributed by atoms with E-state index < -0.39 is 0 Å². The number of aromatic nitrogens is 2. The minimum Gasteiger partial charge on any atom is -0.335 e. The first kappa shape index (κ1) is 20.0. The molecule has 2 aromatic rings. The van der Waals surface area contributed by atoms with Crippen molar-refractivity contribution in [1.82, 2.24) is 19.6 Å². The summed E-state index contributed by atoms with van der Waals surface area (Å²) in [7, 11) is 0. The molecule has 1 saturated heterocycles. The molecule has 3 rings (SSSR count). The molecule has 1 aromatic heterocycles. The van der Waals surface area contributed by atoms with Gasteiger partial charge >= 0.3 is 0 Å². The van der Waals surface area contributed by atoms with Crippen LogP contribution in [0.15, 0.2) is 36.5 Å². The topological polar surface area (TPSA) is 58.4 Å². The van der Waals surface area contributed by atoms with E-state index in [1.165, 1.54) is 12.1 Å². The molecule has 1 aliphatic rings. The van der Waals surface area contributed by atoms with Gasteiger partial charge in [0.25, 0.3) is 5.91 Å². The van der Waals surface area contributed by atoms with E-state index in [0.717, 1.165) is 5.56 Å². The van der Waals surface area contributed by atoms with Crippen LogP contribution in [0.1, 0.15) is 43.2 Å².